The molecule has 1 rings (SSSR count). The quantitative estimate of drug-likeness (QED) is 0.627. The summed E-state index contributed by atoms with van der Waals surface area (Å²) in [7, 11) is 0. The summed E-state index contributed by atoms with van der Waals surface area (Å²) in [4.78, 5) is 10.4. The van der Waals surface area contributed by atoms with Gasteiger partial charge in [-0.1, -0.05) is 6.07 Å². The number of nitro benzene ring substituents is 1. The summed E-state index contributed by atoms with van der Waals surface area (Å²) >= 11 is 0. The lowest BCUT2D eigenvalue weighted by molar-refractivity contribution is -0.385. The van der Waals surface area contributed by atoms with Crippen LogP contribution in [0.1, 0.15) is 19.4 Å². The monoisotopic (exact) mass is 263 g/mol. The van der Waals surface area contributed by atoms with Gasteiger partial charge in [0.2, 0.25) is 0 Å². The van der Waals surface area contributed by atoms with Gasteiger partial charge in [-0.25, -0.2) is 0 Å². The third kappa shape index (κ3) is 4.56. The normalized spacial score (nSPS) is 11.9. The summed E-state index contributed by atoms with van der Waals surface area (Å²) in [6, 6.07) is 6.44. The van der Waals surface area contributed by atoms with E-state index >= 15 is 0 Å². The molecule has 1 unspecified atom stereocenters. The first-order chi connectivity index (χ1) is 8.93. The van der Waals surface area contributed by atoms with Gasteiger partial charge in [0, 0.05) is 12.1 Å². The third-order valence-corrected chi connectivity index (χ3v) is 2.41. The van der Waals surface area contributed by atoms with E-state index in [4.69, 9.17) is 10.00 Å². The number of nitriles is 1. The Morgan fingerprint density at radius 3 is 2.74 bits per heavy atom. The molecular weight excluding hydrogens is 246 g/mol. The Bertz CT molecular complexity index is 494. The molecule has 1 aromatic rings. The molecule has 1 N–H and O–H groups in total. The van der Waals surface area contributed by atoms with Gasteiger partial charge >= 0.3 is 5.69 Å². The molecule has 19 heavy (non-hydrogen) atoms. The topological polar surface area (TPSA) is 88.2 Å². The van der Waals surface area contributed by atoms with Gasteiger partial charge in [0.05, 0.1) is 11.0 Å². The van der Waals surface area contributed by atoms with Crippen LogP contribution in [0.2, 0.25) is 0 Å². The van der Waals surface area contributed by atoms with Crippen molar-refractivity contribution in [3.8, 4) is 11.8 Å². The van der Waals surface area contributed by atoms with Crippen LogP contribution in [0.25, 0.3) is 0 Å². The second kappa shape index (κ2) is 6.71. The molecule has 0 saturated carbocycles. The fourth-order valence-electron chi connectivity index (χ4n) is 1.59. The van der Waals surface area contributed by atoms with Crippen molar-refractivity contribution in [1.82, 2.24) is 5.32 Å². The van der Waals surface area contributed by atoms with Gasteiger partial charge in [-0.2, -0.15) is 5.26 Å². The fourth-order valence-corrected chi connectivity index (χ4v) is 1.59. The molecule has 0 fully saturated rings. The average Bonchev–Trinajstić information content (AvgIpc) is 2.34. The summed E-state index contributed by atoms with van der Waals surface area (Å²) in [6.45, 7) is 5.67. The fraction of sp³-hybridized carbons (Fsp3) is 0.462. The van der Waals surface area contributed by atoms with E-state index in [2.05, 4.69) is 11.4 Å². The van der Waals surface area contributed by atoms with E-state index in [9.17, 15) is 10.1 Å². The minimum absolute atomic E-state index is 0.0680. The van der Waals surface area contributed by atoms with Gasteiger partial charge in [-0.15, -0.1) is 0 Å². The zero-order valence-electron chi connectivity index (χ0n) is 11.2. The first kappa shape index (κ1) is 14.9. The maximum atomic E-state index is 10.9. The Labute approximate surface area is 112 Å². The molecule has 0 saturated heterocycles. The maximum Gasteiger partial charge on any atom is 0.311 e. The van der Waals surface area contributed by atoms with E-state index in [-0.39, 0.29) is 24.1 Å². The van der Waals surface area contributed by atoms with Gasteiger partial charge in [0.15, 0.2) is 5.75 Å². The molecule has 6 heteroatoms. The van der Waals surface area contributed by atoms with E-state index in [1.807, 2.05) is 13.8 Å². The Hall–Kier alpha value is -2.13. The highest BCUT2D eigenvalue weighted by molar-refractivity contribution is 5.48. The molecule has 0 aliphatic carbocycles. The Kier molecular flexibility index (Phi) is 5.27. The van der Waals surface area contributed by atoms with Crippen LogP contribution in [0.3, 0.4) is 0 Å². The van der Waals surface area contributed by atoms with Gasteiger partial charge in [-0.05, 0) is 32.4 Å². The summed E-state index contributed by atoms with van der Waals surface area (Å²) in [5.41, 5.74) is 0.706. The summed E-state index contributed by atoms with van der Waals surface area (Å²) in [5, 5.41) is 22.9. The van der Waals surface area contributed by atoms with E-state index in [0.717, 1.165) is 5.56 Å². The first-order valence-corrected chi connectivity index (χ1v) is 5.97. The standard InChI is InChI=1S/C13H17N3O3/c1-9(2)15-11(7-14)8-19-13-5-4-10(3)6-12(13)16(17)18/h4-6,9,11,15H,8H2,1-3H3. The molecule has 102 valence electrons. The third-order valence-electron chi connectivity index (χ3n) is 2.41. The highest BCUT2D eigenvalue weighted by Gasteiger charge is 2.17. The van der Waals surface area contributed by atoms with Crippen molar-refractivity contribution >= 4 is 5.69 Å². The van der Waals surface area contributed by atoms with Crippen molar-refractivity contribution in [2.75, 3.05) is 6.61 Å². The number of aryl methyl sites for hydroxylation is 1. The summed E-state index contributed by atoms with van der Waals surface area (Å²) in [6.07, 6.45) is 0. The molecule has 0 spiro atoms. The van der Waals surface area contributed by atoms with Crippen molar-refractivity contribution in [2.24, 2.45) is 0 Å². The van der Waals surface area contributed by atoms with Crippen LogP contribution in [-0.2, 0) is 0 Å². The number of hydrogen-bond acceptors (Lipinski definition) is 5. The van der Waals surface area contributed by atoms with E-state index < -0.39 is 11.0 Å². The molecule has 0 heterocycles. The number of ether oxygens (including phenoxy) is 1. The van der Waals surface area contributed by atoms with Gasteiger partial charge in [-0.3, -0.25) is 15.4 Å². The molecule has 0 bridgehead atoms. The van der Waals surface area contributed by atoms with E-state index in [1.165, 1.54) is 6.07 Å². The van der Waals surface area contributed by atoms with Crippen molar-refractivity contribution in [1.29, 1.82) is 5.26 Å². The molecule has 6 nitrogen and oxygen atoms in total. The Morgan fingerprint density at radius 2 is 2.21 bits per heavy atom. The lowest BCUT2D eigenvalue weighted by atomic mass is 10.2. The number of nitro groups is 1. The number of rotatable bonds is 6. The van der Waals surface area contributed by atoms with E-state index in [1.54, 1.807) is 19.1 Å². The second-order valence-electron chi connectivity index (χ2n) is 4.54. The molecule has 0 radical (unpaired) electrons. The van der Waals surface area contributed by atoms with Crippen LogP contribution in [0.5, 0.6) is 5.75 Å². The highest BCUT2D eigenvalue weighted by Crippen LogP contribution is 2.27. The van der Waals surface area contributed by atoms with Gasteiger partial charge in [0.1, 0.15) is 12.6 Å². The van der Waals surface area contributed by atoms with Gasteiger partial charge < -0.3 is 4.74 Å². The predicted octanol–water partition coefficient (Wildman–Crippen LogP) is 2.17. The second-order valence-corrected chi connectivity index (χ2v) is 4.54. The molecule has 0 aliphatic rings. The average molecular weight is 263 g/mol. The van der Waals surface area contributed by atoms with Crippen molar-refractivity contribution < 1.29 is 9.66 Å². The van der Waals surface area contributed by atoms with Crippen molar-refractivity contribution in [2.45, 2.75) is 32.9 Å². The molecule has 1 atom stereocenters. The smallest absolute Gasteiger partial charge is 0.311 e. The van der Waals surface area contributed by atoms with Crippen LogP contribution < -0.4 is 10.1 Å². The van der Waals surface area contributed by atoms with Crippen molar-refractivity contribution in [3.63, 3.8) is 0 Å². The van der Waals surface area contributed by atoms with Crippen LogP contribution in [0.4, 0.5) is 5.69 Å². The minimum Gasteiger partial charge on any atom is -0.484 e. The van der Waals surface area contributed by atoms with Crippen LogP contribution in [0.15, 0.2) is 18.2 Å². The Balaban J connectivity index is 2.77. The van der Waals surface area contributed by atoms with Crippen LogP contribution in [-0.4, -0.2) is 23.6 Å². The zero-order valence-corrected chi connectivity index (χ0v) is 11.2. The number of benzene rings is 1. The van der Waals surface area contributed by atoms with Crippen molar-refractivity contribution in [3.05, 3.63) is 33.9 Å². The predicted molar refractivity (Wildman–Crippen MR) is 71.0 cm³/mol. The number of nitrogens with zero attached hydrogens (tertiary/aromatic N) is 2. The maximum absolute atomic E-state index is 10.9. The van der Waals surface area contributed by atoms with Crippen LogP contribution >= 0.6 is 0 Å². The number of hydrogen-bond donors (Lipinski definition) is 1. The lowest BCUT2D eigenvalue weighted by Crippen LogP contribution is -2.38. The molecule has 1 aromatic carbocycles. The zero-order chi connectivity index (χ0) is 14.4. The molecular formula is C13H17N3O3. The van der Waals surface area contributed by atoms with Gasteiger partial charge in [0.25, 0.3) is 0 Å². The number of nitrogens with one attached hydrogen (secondary N) is 1. The van der Waals surface area contributed by atoms with Crippen LogP contribution in [0, 0.1) is 28.4 Å². The molecule has 0 aromatic heterocycles. The van der Waals surface area contributed by atoms with E-state index in [0.29, 0.717) is 0 Å². The SMILES string of the molecule is Cc1ccc(OCC(C#N)NC(C)C)c([N+](=O)[O-])c1. The summed E-state index contributed by atoms with van der Waals surface area (Å²) in [5.74, 6) is 0.182. The molecule has 0 aliphatic heterocycles. The lowest BCUT2D eigenvalue weighted by Gasteiger charge is -2.15. The Morgan fingerprint density at radius 1 is 1.53 bits per heavy atom. The minimum atomic E-state index is -0.499. The highest BCUT2D eigenvalue weighted by atomic mass is 16.6. The largest absolute Gasteiger partial charge is 0.484 e. The molecule has 0 amide bonds. The first-order valence-electron chi connectivity index (χ1n) is 5.97. The summed E-state index contributed by atoms with van der Waals surface area (Å²) < 4.78 is 5.38.